The molecular weight excluding hydrogens is 390 g/mol. The number of furan rings is 1. The zero-order valence-corrected chi connectivity index (χ0v) is 16.4. The van der Waals surface area contributed by atoms with Crippen molar-refractivity contribution in [2.75, 3.05) is 19.7 Å². The van der Waals surface area contributed by atoms with Crippen LogP contribution in [0.3, 0.4) is 0 Å². The molecule has 1 atom stereocenters. The summed E-state index contributed by atoms with van der Waals surface area (Å²) in [5, 5.41) is 0. The maximum Gasteiger partial charge on any atom is 0.310 e. The molecule has 1 fully saturated rings. The van der Waals surface area contributed by atoms with Gasteiger partial charge in [0.15, 0.2) is 17.1 Å². The Bertz CT molecular complexity index is 1100. The highest BCUT2D eigenvalue weighted by Gasteiger charge is 2.31. The lowest BCUT2D eigenvalue weighted by Gasteiger charge is -2.31. The van der Waals surface area contributed by atoms with E-state index >= 15 is 0 Å². The number of hydrogen-bond acceptors (Lipinski definition) is 7. The van der Waals surface area contributed by atoms with E-state index in [0.29, 0.717) is 37.4 Å². The molecule has 4 rings (SSSR count). The van der Waals surface area contributed by atoms with Gasteiger partial charge < -0.3 is 19.8 Å². The highest BCUT2D eigenvalue weighted by molar-refractivity contribution is 5.99. The van der Waals surface area contributed by atoms with Gasteiger partial charge in [0.2, 0.25) is 0 Å². The fourth-order valence-corrected chi connectivity index (χ4v) is 3.64. The molecule has 2 N–H and O–H groups in total. The Balaban J connectivity index is 1.74. The molecule has 0 unspecified atom stereocenters. The van der Waals surface area contributed by atoms with Gasteiger partial charge >= 0.3 is 5.97 Å². The lowest BCUT2D eigenvalue weighted by atomic mass is 9.98. The topological polar surface area (TPSA) is 133 Å². The molecule has 0 aromatic carbocycles. The number of likely N-dealkylation sites (tertiary alicyclic amines) is 1. The number of amides is 2. The number of nitrogens with two attached hydrogens (primary N) is 1. The number of aromatic nitrogens is 3. The number of piperidine rings is 1. The standard InChI is InChI=1S/C20H21N5O5/c1-2-29-20(28)12-5-3-7-24(10-12)19(27)14-9-13(15-6-4-8-30-15)23-18-16(17(21)26)22-11-25(14)18/h4,6,8-9,11-12H,2-3,5,7,10H2,1H3,(H2,21,26)/t12-/m1/s1. The van der Waals surface area contributed by atoms with Gasteiger partial charge in [-0.25, -0.2) is 9.97 Å². The summed E-state index contributed by atoms with van der Waals surface area (Å²) in [6.07, 6.45) is 4.19. The molecule has 0 saturated carbocycles. The normalized spacial score (nSPS) is 16.6. The van der Waals surface area contributed by atoms with Crippen LogP contribution in [-0.2, 0) is 9.53 Å². The molecule has 0 radical (unpaired) electrons. The number of ether oxygens (including phenoxy) is 1. The molecule has 0 aliphatic carbocycles. The van der Waals surface area contributed by atoms with Gasteiger partial charge in [0.05, 0.1) is 18.8 Å². The van der Waals surface area contributed by atoms with E-state index < -0.39 is 5.91 Å². The average molecular weight is 411 g/mol. The van der Waals surface area contributed by atoms with Crippen LogP contribution < -0.4 is 5.73 Å². The number of nitrogens with zero attached hydrogens (tertiary/aromatic N) is 4. The highest BCUT2D eigenvalue weighted by Crippen LogP contribution is 2.25. The maximum absolute atomic E-state index is 13.4. The van der Waals surface area contributed by atoms with E-state index in [0.717, 1.165) is 0 Å². The second kappa shape index (κ2) is 7.97. The summed E-state index contributed by atoms with van der Waals surface area (Å²) in [5.74, 6) is -1.29. The smallest absolute Gasteiger partial charge is 0.310 e. The molecule has 4 heterocycles. The van der Waals surface area contributed by atoms with Gasteiger partial charge in [-0.15, -0.1) is 0 Å². The Morgan fingerprint density at radius 1 is 1.37 bits per heavy atom. The fourth-order valence-electron chi connectivity index (χ4n) is 3.64. The first-order valence-electron chi connectivity index (χ1n) is 9.67. The first-order valence-corrected chi connectivity index (χ1v) is 9.67. The number of fused-ring (bicyclic) bond motifs is 1. The highest BCUT2D eigenvalue weighted by atomic mass is 16.5. The van der Waals surface area contributed by atoms with Crippen molar-refractivity contribution < 1.29 is 23.5 Å². The van der Waals surface area contributed by atoms with Gasteiger partial charge in [-0.3, -0.25) is 18.8 Å². The number of hydrogen-bond donors (Lipinski definition) is 1. The van der Waals surface area contributed by atoms with Gasteiger partial charge in [-0.1, -0.05) is 0 Å². The monoisotopic (exact) mass is 411 g/mol. The molecule has 30 heavy (non-hydrogen) atoms. The summed E-state index contributed by atoms with van der Waals surface area (Å²) in [6.45, 7) is 2.82. The summed E-state index contributed by atoms with van der Waals surface area (Å²) < 4.78 is 12.0. The predicted octanol–water partition coefficient (Wildman–Crippen LogP) is 1.50. The largest absolute Gasteiger partial charge is 0.466 e. The first-order chi connectivity index (χ1) is 14.5. The third-order valence-corrected chi connectivity index (χ3v) is 5.06. The SMILES string of the molecule is CCOC(=O)[C@@H]1CCCN(C(=O)c2cc(-c3ccco3)nc3c(C(N)=O)ncn23)C1. The molecule has 10 nitrogen and oxygen atoms in total. The maximum atomic E-state index is 13.4. The summed E-state index contributed by atoms with van der Waals surface area (Å²) >= 11 is 0. The van der Waals surface area contributed by atoms with E-state index in [1.54, 1.807) is 30.0 Å². The van der Waals surface area contributed by atoms with Crippen molar-refractivity contribution in [2.45, 2.75) is 19.8 Å². The van der Waals surface area contributed by atoms with Crippen molar-refractivity contribution >= 4 is 23.4 Å². The molecule has 156 valence electrons. The van der Waals surface area contributed by atoms with Crippen LogP contribution >= 0.6 is 0 Å². The molecule has 10 heteroatoms. The minimum absolute atomic E-state index is 0.0412. The minimum Gasteiger partial charge on any atom is -0.466 e. The number of rotatable bonds is 5. The van der Waals surface area contributed by atoms with Crippen LogP contribution in [0.1, 0.15) is 40.7 Å². The van der Waals surface area contributed by atoms with Crippen molar-refractivity contribution in [1.29, 1.82) is 0 Å². The third-order valence-electron chi connectivity index (χ3n) is 5.06. The number of primary amides is 1. The van der Waals surface area contributed by atoms with Gasteiger partial charge in [0.1, 0.15) is 17.7 Å². The number of carbonyl (C=O) groups is 3. The van der Waals surface area contributed by atoms with Gasteiger partial charge in [0.25, 0.3) is 11.8 Å². The van der Waals surface area contributed by atoms with Crippen molar-refractivity contribution in [3.63, 3.8) is 0 Å². The lowest BCUT2D eigenvalue weighted by molar-refractivity contribution is -0.149. The van der Waals surface area contributed by atoms with E-state index in [1.807, 2.05) is 0 Å². The van der Waals surface area contributed by atoms with Crippen molar-refractivity contribution in [3.05, 3.63) is 42.2 Å². The Labute approximate surface area is 171 Å². The lowest BCUT2D eigenvalue weighted by Crippen LogP contribution is -2.43. The molecule has 3 aromatic heterocycles. The van der Waals surface area contributed by atoms with Crippen LogP contribution in [0, 0.1) is 5.92 Å². The van der Waals surface area contributed by atoms with Crippen LogP contribution in [0.25, 0.3) is 17.1 Å². The number of carbonyl (C=O) groups excluding carboxylic acids is 3. The average Bonchev–Trinajstić information content (AvgIpc) is 3.42. The Morgan fingerprint density at radius 2 is 2.20 bits per heavy atom. The molecular formula is C20H21N5O5. The van der Waals surface area contributed by atoms with Crippen LogP contribution in [0.15, 0.2) is 35.2 Å². The molecule has 2 amide bonds. The Kier molecular flexibility index (Phi) is 5.21. The second-order valence-electron chi connectivity index (χ2n) is 7.00. The molecule has 0 bridgehead atoms. The number of esters is 1. The van der Waals surface area contributed by atoms with Crippen LogP contribution in [0.4, 0.5) is 0 Å². The van der Waals surface area contributed by atoms with Crippen LogP contribution in [-0.4, -0.2) is 56.7 Å². The van der Waals surface area contributed by atoms with Crippen molar-refractivity contribution in [2.24, 2.45) is 11.7 Å². The fraction of sp³-hybridized carbons (Fsp3) is 0.350. The van der Waals surface area contributed by atoms with Gasteiger partial charge in [-0.2, -0.15) is 0 Å². The van der Waals surface area contributed by atoms with Crippen molar-refractivity contribution in [1.82, 2.24) is 19.3 Å². The van der Waals surface area contributed by atoms with E-state index in [4.69, 9.17) is 14.9 Å². The van der Waals surface area contributed by atoms with Gasteiger partial charge in [-0.05, 0) is 38.0 Å². The summed E-state index contributed by atoms with van der Waals surface area (Å²) in [6, 6.07) is 4.97. The van der Waals surface area contributed by atoms with Crippen molar-refractivity contribution in [3.8, 4) is 11.5 Å². The zero-order valence-electron chi connectivity index (χ0n) is 16.4. The molecule has 1 aliphatic rings. The third kappa shape index (κ3) is 3.51. The van der Waals surface area contributed by atoms with E-state index in [9.17, 15) is 14.4 Å². The Hall–Kier alpha value is -3.69. The molecule has 1 saturated heterocycles. The minimum atomic E-state index is -0.750. The summed E-state index contributed by atoms with van der Waals surface area (Å²) in [5.41, 5.74) is 6.16. The predicted molar refractivity (Wildman–Crippen MR) is 104 cm³/mol. The van der Waals surface area contributed by atoms with Crippen LogP contribution in [0.5, 0.6) is 0 Å². The van der Waals surface area contributed by atoms with E-state index in [1.165, 1.54) is 17.0 Å². The van der Waals surface area contributed by atoms with E-state index in [2.05, 4.69) is 9.97 Å². The molecule has 3 aromatic rings. The van der Waals surface area contributed by atoms with E-state index in [-0.39, 0.29) is 41.4 Å². The molecule has 0 spiro atoms. The first kappa shape index (κ1) is 19.6. The Morgan fingerprint density at radius 3 is 2.90 bits per heavy atom. The molecule has 1 aliphatic heterocycles. The quantitative estimate of drug-likeness (QED) is 0.629. The summed E-state index contributed by atoms with van der Waals surface area (Å²) in [7, 11) is 0. The second-order valence-corrected chi connectivity index (χ2v) is 7.00. The van der Waals surface area contributed by atoms with Gasteiger partial charge in [0, 0.05) is 13.1 Å². The zero-order chi connectivity index (χ0) is 21.3. The summed E-state index contributed by atoms with van der Waals surface area (Å²) in [4.78, 5) is 47.4. The van der Waals surface area contributed by atoms with Crippen LogP contribution in [0.2, 0.25) is 0 Å². The number of imidazole rings is 1.